The lowest BCUT2D eigenvalue weighted by Gasteiger charge is -2.24. The molecule has 0 spiro atoms. The molecule has 5 rings (SSSR count). The lowest BCUT2D eigenvalue weighted by Crippen LogP contribution is -2.32. The van der Waals surface area contributed by atoms with Crippen LogP contribution in [0.25, 0.3) is 16.7 Å². The standard InChI is InChI=1S/C22H22N6O2/c1-14-5-8-19(28-23-9-10-24-28)16(12-14)22(29)27-11-3-4-20(27)21-25-17-7-6-15(30-2)13-18(17)26-21/h5-10,12-13,20H,3-4,11H2,1-2H3,(H,25,26). The molecule has 1 aliphatic heterocycles. The third kappa shape index (κ3) is 3.10. The fourth-order valence-electron chi connectivity index (χ4n) is 4.08. The van der Waals surface area contributed by atoms with Crippen molar-refractivity contribution >= 4 is 16.9 Å². The van der Waals surface area contributed by atoms with Crippen LogP contribution in [0.1, 0.15) is 40.6 Å². The van der Waals surface area contributed by atoms with Crippen molar-refractivity contribution in [2.45, 2.75) is 25.8 Å². The third-order valence-corrected chi connectivity index (χ3v) is 5.55. The number of nitrogens with zero attached hydrogens (tertiary/aromatic N) is 5. The van der Waals surface area contributed by atoms with Gasteiger partial charge in [-0.1, -0.05) is 11.6 Å². The molecule has 1 aliphatic rings. The summed E-state index contributed by atoms with van der Waals surface area (Å²) >= 11 is 0. The van der Waals surface area contributed by atoms with E-state index in [4.69, 9.17) is 9.72 Å². The zero-order valence-corrected chi connectivity index (χ0v) is 16.9. The predicted molar refractivity (Wildman–Crippen MR) is 112 cm³/mol. The first-order valence-electron chi connectivity index (χ1n) is 9.96. The molecular formula is C22H22N6O2. The molecule has 1 saturated heterocycles. The lowest BCUT2D eigenvalue weighted by atomic mass is 10.1. The molecule has 0 radical (unpaired) electrons. The minimum absolute atomic E-state index is 0.0356. The number of hydrogen-bond donors (Lipinski definition) is 1. The molecule has 3 heterocycles. The maximum Gasteiger partial charge on any atom is 0.256 e. The van der Waals surface area contributed by atoms with Crippen molar-refractivity contribution in [3.63, 3.8) is 0 Å². The van der Waals surface area contributed by atoms with Gasteiger partial charge in [-0.05, 0) is 44.0 Å². The van der Waals surface area contributed by atoms with Crippen LogP contribution in [0.4, 0.5) is 0 Å². The van der Waals surface area contributed by atoms with Crippen molar-refractivity contribution < 1.29 is 9.53 Å². The highest BCUT2D eigenvalue weighted by Gasteiger charge is 2.34. The Balaban J connectivity index is 1.51. The second-order valence-electron chi connectivity index (χ2n) is 7.50. The minimum Gasteiger partial charge on any atom is -0.497 e. The molecular weight excluding hydrogens is 380 g/mol. The fraction of sp³-hybridized carbons (Fsp3) is 0.273. The van der Waals surface area contributed by atoms with Gasteiger partial charge in [0.2, 0.25) is 0 Å². The van der Waals surface area contributed by atoms with E-state index in [-0.39, 0.29) is 11.9 Å². The number of aromatic amines is 1. The van der Waals surface area contributed by atoms with E-state index in [2.05, 4.69) is 15.2 Å². The average Bonchev–Trinajstić information content (AvgIpc) is 3.52. The van der Waals surface area contributed by atoms with Gasteiger partial charge in [-0.25, -0.2) is 4.98 Å². The largest absolute Gasteiger partial charge is 0.497 e. The highest BCUT2D eigenvalue weighted by Crippen LogP contribution is 2.34. The van der Waals surface area contributed by atoms with Gasteiger partial charge in [0.25, 0.3) is 5.91 Å². The Morgan fingerprint density at radius 2 is 2.00 bits per heavy atom. The molecule has 0 saturated carbocycles. The number of carbonyl (C=O) groups excluding carboxylic acids is 1. The molecule has 1 fully saturated rings. The molecule has 0 bridgehead atoms. The zero-order chi connectivity index (χ0) is 20.7. The number of rotatable bonds is 4. The Bertz CT molecular complexity index is 1210. The van der Waals surface area contributed by atoms with E-state index in [1.54, 1.807) is 19.5 Å². The first kappa shape index (κ1) is 18.4. The summed E-state index contributed by atoms with van der Waals surface area (Å²) in [4.78, 5) is 25.1. The van der Waals surface area contributed by atoms with Crippen LogP contribution in [0.5, 0.6) is 5.75 Å². The summed E-state index contributed by atoms with van der Waals surface area (Å²) in [6.45, 7) is 2.66. The van der Waals surface area contributed by atoms with E-state index in [9.17, 15) is 4.79 Å². The Labute approximate surface area is 173 Å². The SMILES string of the molecule is COc1ccc2nc(C3CCCN3C(=O)c3cc(C)ccc3-n3nccn3)[nH]c2c1. The number of carbonyl (C=O) groups is 1. The van der Waals surface area contributed by atoms with E-state index in [0.717, 1.165) is 41.0 Å². The molecule has 2 aromatic heterocycles. The summed E-state index contributed by atoms with van der Waals surface area (Å²) in [5.41, 5.74) is 4.05. The number of imidazole rings is 1. The smallest absolute Gasteiger partial charge is 0.256 e. The second-order valence-corrected chi connectivity index (χ2v) is 7.50. The van der Waals surface area contributed by atoms with Crippen molar-refractivity contribution in [3.8, 4) is 11.4 Å². The zero-order valence-electron chi connectivity index (χ0n) is 16.9. The molecule has 2 aromatic carbocycles. The lowest BCUT2D eigenvalue weighted by molar-refractivity contribution is 0.0730. The number of methoxy groups -OCH3 is 1. The van der Waals surface area contributed by atoms with Gasteiger partial charge in [-0.3, -0.25) is 4.79 Å². The summed E-state index contributed by atoms with van der Waals surface area (Å²) in [5, 5.41) is 8.43. The molecule has 4 aromatic rings. The quantitative estimate of drug-likeness (QED) is 0.565. The van der Waals surface area contributed by atoms with E-state index >= 15 is 0 Å². The maximum absolute atomic E-state index is 13.6. The Hall–Kier alpha value is -3.68. The van der Waals surface area contributed by atoms with E-state index in [1.807, 2.05) is 48.2 Å². The molecule has 152 valence electrons. The summed E-state index contributed by atoms with van der Waals surface area (Å²) in [6, 6.07) is 11.4. The van der Waals surface area contributed by atoms with E-state index < -0.39 is 0 Å². The number of aromatic nitrogens is 5. The first-order chi connectivity index (χ1) is 14.6. The van der Waals surface area contributed by atoms with Crippen LogP contribution >= 0.6 is 0 Å². The summed E-state index contributed by atoms with van der Waals surface area (Å²) in [6.07, 6.45) is 5.01. The molecule has 30 heavy (non-hydrogen) atoms. The number of likely N-dealkylation sites (tertiary alicyclic amines) is 1. The molecule has 1 atom stereocenters. The second kappa shape index (κ2) is 7.29. The topological polar surface area (TPSA) is 88.9 Å². The van der Waals surface area contributed by atoms with E-state index in [0.29, 0.717) is 17.8 Å². The van der Waals surface area contributed by atoms with Crippen molar-refractivity contribution in [1.82, 2.24) is 29.9 Å². The number of nitrogens with one attached hydrogen (secondary N) is 1. The van der Waals surface area contributed by atoms with E-state index in [1.165, 1.54) is 4.80 Å². The van der Waals surface area contributed by atoms with Gasteiger partial charge in [-0.2, -0.15) is 15.0 Å². The van der Waals surface area contributed by atoms with Crippen LogP contribution in [0, 0.1) is 6.92 Å². The molecule has 1 amide bonds. The van der Waals surface area contributed by atoms with Gasteiger partial charge in [0.1, 0.15) is 11.6 Å². The van der Waals surface area contributed by atoms with Crippen molar-refractivity contribution in [2.24, 2.45) is 0 Å². The minimum atomic E-state index is -0.102. The van der Waals surface area contributed by atoms with Gasteiger partial charge in [0.15, 0.2) is 0 Å². The van der Waals surface area contributed by atoms with Crippen molar-refractivity contribution in [2.75, 3.05) is 13.7 Å². The number of hydrogen-bond acceptors (Lipinski definition) is 5. The third-order valence-electron chi connectivity index (χ3n) is 5.55. The highest BCUT2D eigenvalue weighted by molar-refractivity contribution is 5.98. The number of fused-ring (bicyclic) bond motifs is 1. The Morgan fingerprint density at radius 1 is 1.17 bits per heavy atom. The van der Waals surface area contributed by atoms with Gasteiger partial charge >= 0.3 is 0 Å². The molecule has 8 nitrogen and oxygen atoms in total. The molecule has 1 unspecified atom stereocenters. The fourth-order valence-corrected chi connectivity index (χ4v) is 4.08. The summed E-state index contributed by atoms with van der Waals surface area (Å²) in [7, 11) is 1.64. The van der Waals surface area contributed by atoms with Crippen LogP contribution in [-0.2, 0) is 0 Å². The van der Waals surface area contributed by atoms with Crippen LogP contribution in [0.2, 0.25) is 0 Å². The van der Waals surface area contributed by atoms with Gasteiger partial charge in [0.05, 0.1) is 47.8 Å². The molecule has 0 aliphatic carbocycles. The first-order valence-corrected chi connectivity index (χ1v) is 9.96. The number of ether oxygens (including phenoxy) is 1. The van der Waals surface area contributed by atoms with Crippen molar-refractivity contribution in [3.05, 3.63) is 65.7 Å². The average molecular weight is 402 g/mol. The molecule has 1 N–H and O–H groups in total. The van der Waals surface area contributed by atoms with Crippen LogP contribution in [-0.4, -0.2) is 49.4 Å². The van der Waals surface area contributed by atoms with Gasteiger partial charge < -0.3 is 14.6 Å². The van der Waals surface area contributed by atoms with Crippen LogP contribution < -0.4 is 4.74 Å². The number of benzene rings is 2. The van der Waals surface area contributed by atoms with Crippen molar-refractivity contribution in [1.29, 1.82) is 0 Å². The molecule has 8 heteroatoms. The number of aryl methyl sites for hydroxylation is 1. The van der Waals surface area contributed by atoms with Crippen LogP contribution in [0.15, 0.2) is 48.8 Å². The normalized spacial score (nSPS) is 16.3. The van der Waals surface area contributed by atoms with Crippen LogP contribution in [0.3, 0.4) is 0 Å². The summed E-state index contributed by atoms with van der Waals surface area (Å²) < 4.78 is 5.31. The Kier molecular flexibility index (Phi) is 4.46. The number of H-pyrrole nitrogens is 1. The Morgan fingerprint density at radius 3 is 2.80 bits per heavy atom. The monoisotopic (exact) mass is 402 g/mol. The highest BCUT2D eigenvalue weighted by atomic mass is 16.5. The van der Waals surface area contributed by atoms with Gasteiger partial charge in [0, 0.05) is 12.6 Å². The summed E-state index contributed by atoms with van der Waals surface area (Å²) in [5.74, 6) is 1.54. The predicted octanol–water partition coefficient (Wildman–Crippen LogP) is 3.44. The van der Waals surface area contributed by atoms with Gasteiger partial charge in [-0.15, -0.1) is 0 Å². The maximum atomic E-state index is 13.6. The number of amides is 1.